The first kappa shape index (κ1) is 23.8. The van der Waals surface area contributed by atoms with Crippen molar-refractivity contribution in [2.75, 3.05) is 11.4 Å². The SMILES string of the molecule is Cc1ccc(N(C(=O)CNC(=O)c2cccs2)C(C(=O)NC2CCCCC2)c2ccco2)cc1. The molecule has 2 aromatic heterocycles. The van der Waals surface area contributed by atoms with Crippen molar-refractivity contribution in [2.45, 2.75) is 51.1 Å². The molecule has 178 valence electrons. The van der Waals surface area contributed by atoms with Crippen LogP contribution in [0.4, 0.5) is 5.69 Å². The quantitative estimate of drug-likeness (QED) is 0.494. The fraction of sp³-hybridized carbons (Fsp3) is 0.346. The van der Waals surface area contributed by atoms with Crippen LogP contribution >= 0.6 is 11.3 Å². The lowest BCUT2D eigenvalue weighted by molar-refractivity contribution is -0.127. The minimum absolute atomic E-state index is 0.0761. The molecule has 0 bridgehead atoms. The van der Waals surface area contributed by atoms with Gasteiger partial charge in [-0.05, 0) is 55.5 Å². The zero-order valence-electron chi connectivity index (χ0n) is 19.2. The van der Waals surface area contributed by atoms with Crippen LogP contribution in [0.5, 0.6) is 0 Å². The van der Waals surface area contributed by atoms with Crippen molar-refractivity contribution in [1.29, 1.82) is 0 Å². The van der Waals surface area contributed by atoms with Crippen LogP contribution in [0, 0.1) is 6.92 Å². The van der Waals surface area contributed by atoms with Gasteiger partial charge in [-0.3, -0.25) is 19.3 Å². The van der Waals surface area contributed by atoms with Crippen molar-refractivity contribution in [2.24, 2.45) is 0 Å². The zero-order valence-corrected chi connectivity index (χ0v) is 20.0. The zero-order chi connectivity index (χ0) is 23.9. The van der Waals surface area contributed by atoms with Gasteiger partial charge < -0.3 is 15.1 Å². The summed E-state index contributed by atoms with van der Waals surface area (Å²) >= 11 is 1.30. The molecule has 1 saturated carbocycles. The first-order valence-corrected chi connectivity index (χ1v) is 12.4. The van der Waals surface area contributed by atoms with Crippen LogP contribution in [0.25, 0.3) is 0 Å². The summed E-state index contributed by atoms with van der Waals surface area (Å²) in [4.78, 5) is 41.5. The van der Waals surface area contributed by atoms with Gasteiger partial charge in [-0.25, -0.2) is 0 Å². The number of thiophene rings is 1. The van der Waals surface area contributed by atoms with E-state index in [1.807, 2.05) is 19.1 Å². The van der Waals surface area contributed by atoms with E-state index < -0.39 is 11.9 Å². The summed E-state index contributed by atoms with van der Waals surface area (Å²) in [6.45, 7) is 1.70. The van der Waals surface area contributed by atoms with Gasteiger partial charge in [0.1, 0.15) is 5.76 Å². The van der Waals surface area contributed by atoms with Gasteiger partial charge in [-0.1, -0.05) is 43.0 Å². The van der Waals surface area contributed by atoms with Gasteiger partial charge in [-0.2, -0.15) is 0 Å². The van der Waals surface area contributed by atoms with Crippen LogP contribution in [0.2, 0.25) is 0 Å². The Morgan fingerprint density at radius 3 is 2.47 bits per heavy atom. The summed E-state index contributed by atoms with van der Waals surface area (Å²) < 4.78 is 5.63. The number of nitrogens with one attached hydrogen (secondary N) is 2. The number of amides is 3. The van der Waals surface area contributed by atoms with Gasteiger partial charge in [0.2, 0.25) is 5.91 Å². The number of carbonyl (C=O) groups excluding carboxylic acids is 3. The molecule has 1 aliphatic rings. The molecule has 4 rings (SSSR count). The van der Waals surface area contributed by atoms with E-state index in [9.17, 15) is 14.4 Å². The second kappa shape index (κ2) is 11.2. The number of rotatable bonds is 8. The standard InChI is InChI=1S/C26H29N3O4S/c1-18-11-13-20(14-12-18)29(23(30)17-27-25(31)22-10-6-16-34-22)24(21-9-5-15-33-21)26(32)28-19-7-3-2-4-8-19/h5-6,9-16,19,24H,2-4,7-8,17H2,1H3,(H,27,31)(H,28,32). The first-order valence-electron chi connectivity index (χ1n) is 11.6. The maximum Gasteiger partial charge on any atom is 0.261 e. The van der Waals surface area contributed by atoms with E-state index in [1.54, 1.807) is 41.8 Å². The largest absolute Gasteiger partial charge is 0.467 e. The average Bonchev–Trinajstić information content (AvgIpc) is 3.57. The minimum atomic E-state index is -0.995. The summed E-state index contributed by atoms with van der Waals surface area (Å²) in [6, 6.07) is 13.3. The topological polar surface area (TPSA) is 91.7 Å². The van der Waals surface area contributed by atoms with Crippen LogP contribution in [0.15, 0.2) is 64.6 Å². The van der Waals surface area contributed by atoms with E-state index in [1.165, 1.54) is 28.9 Å². The van der Waals surface area contributed by atoms with E-state index in [-0.39, 0.29) is 24.4 Å². The number of anilines is 1. The fourth-order valence-corrected chi connectivity index (χ4v) is 4.87. The molecule has 1 unspecified atom stereocenters. The number of hydrogen-bond donors (Lipinski definition) is 2. The summed E-state index contributed by atoms with van der Waals surface area (Å²) in [5.74, 6) is -0.658. The highest BCUT2D eigenvalue weighted by molar-refractivity contribution is 7.12. The van der Waals surface area contributed by atoms with Crippen molar-refractivity contribution < 1.29 is 18.8 Å². The molecule has 3 amide bonds. The van der Waals surface area contributed by atoms with Gasteiger partial charge in [-0.15, -0.1) is 11.3 Å². The van der Waals surface area contributed by atoms with E-state index in [0.29, 0.717) is 16.3 Å². The smallest absolute Gasteiger partial charge is 0.261 e. The Bertz CT molecular complexity index is 1090. The normalized spacial score (nSPS) is 14.9. The number of carbonyl (C=O) groups is 3. The highest BCUT2D eigenvalue weighted by atomic mass is 32.1. The maximum atomic E-state index is 13.6. The molecule has 0 saturated heterocycles. The first-order chi connectivity index (χ1) is 16.5. The lowest BCUT2D eigenvalue weighted by atomic mass is 9.95. The lowest BCUT2D eigenvalue weighted by Gasteiger charge is -2.32. The third-order valence-corrected chi connectivity index (χ3v) is 6.87. The van der Waals surface area contributed by atoms with Crippen LogP contribution in [-0.4, -0.2) is 30.3 Å². The monoisotopic (exact) mass is 479 g/mol. The molecule has 7 nitrogen and oxygen atoms in total. The second-order valence-electron chi connectivity index (χ2n) is 8.52. The molecule has 1 aliphatic carbocycles. The van der Waals surface area contributed by atoms with Crippen molar-refractivity contribution >= 4 is 34.7 Å². The van der Waals surface area contributed by atoms with Crippen molar-refractivity contribution in [1.82, 2.24) is 10.6 Å². The van der Waals surface area contributed by atoms with Gasteiger partial charge in [0.05, 0.1) is 17.7 Å². The van der Waals surface area contributed by atoms with Gasteiger partial charge in [0.15, 0.2) is 6.04 Å². The molecule has 1 aromatic carbocycles. The van der Waals surface area contributed by atoms with Crippen LogP contribution in [0.3, 0.4) is 0 Å². The summed E-state index contributed by atoms with van der Waals surface area (Å²) in [5.41, 5.74) is 1.59. The summed E-state index contributed by atoms with van der Waals surface area (Å²) in [5, 5.41) is 7.62. The molecule has 2 N–H and O–H groups in total. The maximum absolute atomic E-state index is 13.6. The predicted molar refractivity (Wildman–Crippen MR) is 132 cm³/mol. The fourth-order valence-electron chi connectivity index (χ4n) is 4.23. The van der Waals surface area contributed by atoms with E-state index in [0.717, 1.165) is 31.2 Å². The lowest BCUT2D eigenvalue weighted by Crippen LogP contribution is -2.49. The Labute approximate surface area is 203 Å². The molecule has 0 spiro atoms. The van der Waals surface area contributed by atoms with Crippen LogP contribution in [0.1, 0.15) is 59.1 Å². The molecule has 0 aliphatic heterocycles. The van der Waals surface area contributed by atoms with Crippen LogP contribution < -0.4 is 15.5 Å². The summed E-state index contributed by atoms with van der Waals surface area (Å²) in [7, 11) is 0. The Balaban J connectivity index is 1.62. The third-order valence-electron chi connectivity index (χ3n) is 6.00. The summed E-state index contributed by atoms with van der Waals surface area (Å²) in [6.07, 6.45) is 6.66. The van der Waals surface area contributed by atoms with E-state index in [4.69, 9.17) is 4.42 Å². The van der Waals surface area contributed by atoms with Crippen molar-refractivity contribution in [3.05, 3.63) is 76.4 Å². The number of furan rings is 1. The average molecular weight is 480 g/mol. The molecule has 2 heterocycles. The Morgan fingerprint density at radius 2 is 1.82 bits per heavy atom. The number of aryl methyl sites for hydroxylation is 1. The Hall–Kier alpha value is -3.39. The molecule has 3 aromatic rings. The van der Waals surface area contributed by atoms with Crippen molar-refractivity contribution in [3.63, 3.8) is 0 Å². The Morgan fingerprint density at radius 1 is 1.06 bits per heavy atom. The molecular formula is C26H29N3O4S. The van der Waals surface area contributed by atoms with E-state index in [2.05, 4.69) is 10.6 Å². The molecule has 0 radical (unpaired) electrons. The molecular weight excluding hydrogens is 450 g/mol. The van der Waals surface area contributed by atoms with E-state index >= 15 is 0 Å². The highest BCUT2D eigenvalue weighted by Gasteiger charge is 2.36. The number of hydrogen-bond acceptors (Lipinski definition) is 5. The molecule has 1 atom stereocenters. The van der Waals surface area contributed by atoms with Crippen LogP contribution in [-0.2, 0) is 9.59 Å². The molecule has 8 heteroatoms. The Kier molecular flexibility index (Phi) is 7.80. The second-order valence-corrected chi connectivity index (χ2v) is 9.47. The van der Waals surface area contributed by atoms with Gasteiger partial charge >= 0.3 is 0 Å². The molecule has 34 heavy (non-hydrogen) atoms. The number of nitrogens with zero attached hydrogens (tertiary/aromatic N) is 1. The highest BCUT2D eigenvalue weighted by Crippen LogP contribution is 2.29. The minimum Gasteiger partial charge on any atom is -0.467 e. The molecule has 1 fully saturated rings. The van der Waals surface area contributed by atoms with Gasteiger partial charge in [0, 0.05) is 11.7 Å². The number of benzene rings is 1. The van der Waals surface area contributed by atoms with Crippen molar-refractivity contribution in [3.8, 4) is 0 Å². The predicted octanol–water partition coefficient (Wildman–Crippen LogP) is 4.60. The van der Waals surface area contributed by atoms with Gasteiger partial charge in [0.25, 0.3) is 11.8 Å². The third kappa shape index (κ3) is 5.75.